The smallest absolute Gasteiger partial charge is 0.109 e. The van der Waals surface area contributed by atoms with E-state index in [1.165, 1.54) is 12.2 Å². The third-order valence-corrected chi connectivity index (χ3v) is 3.41. The molecule has 3 nitrogen and oxygen atoms in total. The van der Waals surface area contributed by atoms with Crippen LogP contribution < -0.4 is 5.73 Å². The predicted octanol–water partition coefficient (Wildman–Crippen LogP) is 1.43. The number of imidazole rings is 1. The highest BCUT2D eigenvalue weighted by Crippen LogP contribution is 2.06. The summed E-state index contributed by atoms with van der Waals surface area (Å²) in [5, 5.41) is 0. The van der Waals surface area contributed by atoms with Gasteiger partial charge in [-0.2, -0.15) is 11.8 Å². The molecule has 14 heavy (non-hydrogen) atoms. The first kappa shape index (κ1) is 11.6. The molecule has 0 saturated heterocycles. The zero-order valence-electron chi connectivity index (χ0n) is 8.94. The van der Waals surface area contributed by atoms with Crippen molar-refractivity contribution in [3.05, 3.63) is 18.2 Å². The molecule has 0 spiro atoms. The van der Waals surface area contributed by atoms with Crippen LogP contribution in [0.15, 0.2) is 12.4 Å². The molecule has 80 valence electrons. The Hall–Kier alpha value is -0.480. The Balaban J connectivity index is 2.27. The monoisotopic (exact) mass is 213 g/mol. The van der Waals surface area contributed by atoms with E-state index in [0.29, 0.717) is 0 Å². The molecule has 0 aliphatic heterocycles. The Morgan fingerprint density at radius 3 is 3.00 bits per heavy atom. The Labute approximate surface area is 90.1 Å². The van der Waals surface area contributed by atoms with Crippen molar-refractivity contribution in [2.75, 3.05) is 11.5 Å². The predicted molar refractivity (Wildman–Crippen MR) is 62.5 cm³/mol. The average molecular weight is 213 g/mol. The first-order valence-electron chi connectivity index (χ1n) is 5.03. The van der Waals surface area contributed by atoms with Crippen LogP contribution in [-0.4, -0.2) is 27.1 Å². The van der Waals surface area contributed by atoms with E-state index in [-0.39, 0.29) is 6.04 Å². The van der Waals surface area contributed by atoms with E-state index < -0.39 is 0 Å². The molecule has 2 N–H and O–H groups in total. The molecule has 0 fully saturated rings. The summed E-state index contributed by atoms with van der Waals surface area (Å²) in [5.41, 5.74) is 6.00. The highest BCUT2D eigenvalue weighted by Gasteiger charge is 2.07. The van der Waals surface area contributed by atoms with Crippen molar-refractivity contribution in [3.8, 4) is 0 Å². The van der Waals surface area contributed by atoms with Gasteiger partial charge in [0.25, 0.3) is 0 Å². The van der Waals surface area contributed by atoms with Gasteiger partial charge in [0, 0.05) is 37.7 Å². The second kappa shape index (κ2) is 6.09. The molecule has 0 aromatic carbocycles. The maximum atomic E-state index is 6.00. The first-order chi connectivity index (χ1) is 6.74. The van der Waals surface area contributed by atoms with Crippen LogP contribution in [0.3, 0.4) is 0 Å². The minimum absolute atomic E-state index is 0.229. The van der Waals surface area contributed by atoms with Gasteiger partial charge in [0.1, 0.15) is 5.82 Å². The minimum Gasteiger partial charge on any atom is -0.338 e. The lowest BCUT2D eigenvalue weighted by Gasteiger charge is -2.10. The third-order valence-electron chi connectivity index (χ3n) is 2.05. The number of nitrogens with zero attached hydrogens (tertiary/aromatic N) is 2. The molecule has 1 aromatic rings. The number of hydrogen-bond donors (Lipinski definition) is 1. The number of aryl methyl sites for hydroxylation is 1. The molecule has 1 heterocycles. The number of hydrogen-bond acceptors (Lipinski definition) is 3. The maximum absolute atomic E-state index is 6.00. The van der Waals surface area contributed by atoms with Gasteiger partial charge in [0.2, 0.25) is 0 Å². The first-order valence-corrected chi connectivity index (χ1v) is 6.19. The van der Waals surface area contributed by atoms with Gasteiger partial charge in [0.15, 0.2) is 0 Å². The van der Waals surface area contributed by atoms with E-state index >= 15 is 0 Å². The highest BCUT2D eigenvalue weighted by atomic mass is 32.2. The molecular weight excluding hydrogens is 194 g/mol. The Kier molecular flexibility index (Phi) is 5.04. The van der Waals surface area contributed by atoms with Crippen LogP contribution in [0.4, 0.5) is 0 Å². The largest absolute Gasteiger partial charge is 0.338 e. The van der Waals surface area contributed by atoms with E-state index in [0.717, 1.165) is 18.0 Å². The van der Waals surface area contributed by atoms with E-state index in [9.17, 15) is 0 Å². The van der Waals surface area contributed by atoms with Crippen molar-refractivity contribution in [2.45, 2.75) is 25.8 Å². The van der Waals surface area contributed by atoms with Crippen LogP contribution >= 0.6 is 11.8 Å². The van der Waals surface area contributed by atoms with Crippen molar-refractivity contribution in [3.63, 3.8) is 0 Å². The van der Waals surface area contributed by atoms with Crippen LogP contribution in [0.1, 0.15) is 19.2 Å². The van der Waals surface area contributed by atoms with Gasteiger partial charge in [-0.15, -0.1) is 0 Å². The maximum Gasteiger partial charge on any atom is 0.109 e. The Bertz CT molecular complexity index is 260. The fourth-order valence-electron chi connectivity index (χ4n) is 1.27. The number of thioether (sulfide) groups is 1. The molecule has 0 aliphatic carbocycles. The molecule has 0 radical (unpaired) electrons. The second-order valence-corrected chi connectivity index (χ2v) is 4.64. The third kappa shape index (κ3) is 3.72. The van der Waals surface area contributed by atoms with Gasteiger partial charge < -0.3 is 10.3 Å². The summed E-state index contributed by atoms with van der Waals surface area (Å²) in [7, 11) is 2.01. The van der Waals surface area contributed by atoms with E-state index in [4.69, 9.17) is 5.73 Å². The second-order valence-electron chi connectivity index (χ2n) is 3.49. The zero-order valence-corrected chi connectivity index (χ0v) is 9.76. The molecule has 0 saturated carbocycles. The summed E-state index contributed by atoms with van der Waals surface area (Å²) >= 11 is 1.93. The molecule has 1 atom stereocenters. The molecule has 0 amide bonds. The van der Waals surface area contributed by atoms with Gasteiger partial charge in [-0.3, -0.25) is 0 Å². The number of rotatable bonds is 6. The van der Waals surface area contributed by atoms with Crippen LogP contribution in [0.2, 0.25) is 0 Å². The van der Waals surface area contributed by atoms with Crippen molar-refractivity contribution in [2.24, 2.45) is 12.8 Å². The van der Waals surface area contributed by atoms with Crippen LogP contribution in [-0.2, 0) is 13.5 Å². The number of aromatic nitrogens is 2. The van der Waals surface area contributed by atoms with Crippen molar-refractivity contribution < 1.29 is 0 Å². The average Bonchev–Trinajstić information content (AvgIpc) is 2.52. The summed E-state index contributed by atoms with van der Waals surface area (Å²) in [5.74, 6) is 3.31. The number of nitrogens with two attached hydrogens (primary N) is 1. The topological polar surface area (TPSA) is 43.8 Å². The Morgan fingerprint density at radius 1 is 1.64 bits per heavy atom. The minimum atomic E-state index is 0.229. The SMILES string of the molecule is CCCSCC(N)Cc1nccn1C. The molecule has 1 unspecified atom stereocenters. The van der Waals surface area contributed by atoms with Crippen molar-refractivity contribution in [1.29, 1.82) is 0 Å². The molecular formula is C10H19N3S. The van der Waals surface area contributed by atoms with Crippen molar-refractivity contribution >= 4 is 11.8 Å². The van der Waals surface area contributed by atoms with Crippen LogP contribution in [0.5, 0.6) is 0 Å². The zero-order chi connectivity index (χ0) is 10.4. The van der Waals surface area contributed by atoms with Crippen molar-refractivity contribution in [1.82, 2.24) is 9.55 Å². The van der Waals surface area contributed by atoms with Crippen LogP contribution in [0, 0.1) is 0 Å². The summed E-state index contributed by atoms with van der Waals surface area (Å²) in [4.78, 5) is 4.26. The summed E-state index contributed by atoms with van der Waals surface area (Å²) < 4.78 is 2.03. The van der Waals surface area contributed by atoms with Gasteiger partial charge in [-0.1, -0.05) is 6.92 Å². The molecule has 1 aromatic heterocycles. The summed E-state index contributed by atoms with van der Waals surface area (Å²) in [6, 6.07) is 0.229. The summed E-state index contributed by atoms with van der Waals surface area (Å²) in [6.45, 7) is 2.19. The lowest BCUT2D eigenvalue weighted by molar-refractivity contribution is 0.678. The highest BCUT2D eigenvalue weighted by molar-refractivity contribution is 7.99. The lowest BCUT2D eigenvalue weighted by Crippen LogP contribution is -2.27. The van der Waals surface area contributed by atoms with E-state index in [1.807, 2.05) is 35.8 Å². The van der Waals surface area contributed by atoms with Crippen LogP contribution in [0.25, 0.3) is 0 Å². The molecule has 1 rings (SSSR count). The van der Waals surface area contributed by atoms with Gasteiger partial charge >= 0.3 is 0 Å². The van der Waals surface area contributed by atoms with E-state index in [2.05, 4.69) is 11.9 Å². The van der Waals surface area contributed by atoms with Gasteiger partial charge in [0.05, 0.1) is 0 Å². The fourth-order valence-corrected chi connectivity index (χ4v) is 2.14. The van der Waals surface area contributed by atoms with Gasteiger partial charge in [-0.05, 0) is 12.2 Å². The van der Waals surface area contributed by atoms with E-state index in [1.54, 1.807) is 0 Å². The molecule has 4 heteroatoms. The summed E-state index contributed by atoms with van der Waals surface area (Å²) in [6.07, 6.45) is 5.88. The Morgan fingerprint density at radius 2 is 2.43 bits per heavy atom. The normalized spacial score (nSPS) is 13.1. The fraction of sp³-hybridized carbons (Fsp3) is 0.700. The standard InChI is InChI=1S/C10H19N3S/c1-3-6-14-8-9(11)7-10-12-4-5-13(10)2/h4-5,9H,3,6-8,11H2,1-2H3. The quantitative estimate of drug-likeness (QED) is 0.727. The van der Waals surface area contributed by atoms with Gasteiger partial charge in [-0.25, -0.2) is 4.98 Å². The molecule has 0 aliphatic rings. The molecule has 0 bridgehead atoms. The lowest BCUT2D eigenvalue weighted by atomic mass is 10.2.